The van der Waals surface area contributed by atoms with Gasteiger partial charge in [-0.05, 0) is 32.3 Å². The number of esters is 3. The van der Waals surface area contributed by atoms with Crippen molar-refractivity contribution in [1.82, 2.24) is 0 Å². The molecule has 3 heterocycles. The maximum absolute atomic E-state index is 13.6. The molecule has 12 atom stereocenters. The number of aromatic carboxylic acids is 1. The van der Waals surface area contributed by atoms with Crippen LogP contribution in [0.5, 0.6) is 0 Å². The van der Waals surface area contributed by atoms with E-state index < -0.39 is 77.9 Å². The number of allylic oxidation sites excluding steroid dienone is 3. The van der Waals surface area contributed by atoms with Gasteiger partial charge in [-0.3, -0.25) is 0 Å². The van der Waals surface area contributed by atoms with Crippen LogP contribution >= 0.6 is 0 Å². The van der Waals surface area contributed by atoms with E-state index >= 15 is 0 Å². The fourth-order valence-corrected chi connectivity index (χ4v) is 8.44. The third kappa shape index (κ3) is 6.26. The Balaban J connectivity index is 1.28. The topological polar surface area (TPSA) is 162 Å². The molecule has 1 spiro atoms. The Morgan fingerprint density at radius 2 is 1.92 bits per heavy atom. The van der Waals surface area contributed by atoms with Gasteiger partial charge in [0.05, 0.1) is 12.1 Å². The average Bonchev–Trinajstić information content (AvgIpc) is 3.67. The van der Waals surface area contributed by atoms with Crippen LogP contribution < -0.4 is 9.67 Å². The second-order valence-electron chi connectivity index (χ2n) is 13.8. The normalized spacial score (nSPS) is 38.0. The highest BCUT2D eigenvalue weighted by Gasteiger charge is 2.69. The summed E-state index contributed by atoms with van der Waals surface area (Å²) in [6.07, 6.45) is 10.1. The van der Waals surface area contributed by atoms with Gasteiger partial charge in [-0.25, -0.2) is 14.4 Å². The van der Waals surface area contributed by atoms with Crippen LogP contribution in [0.25, 0.3) is 0 Å². The Morgan fingerprint density at radius 1 is 1.18 bits per heavy atom. The van der Waals surface area contributed by atoms with Gasteiger partial charge in [-0.2, -0.15) is 4.57 Å². The number of carbonyl (C=O) groups is 4. The lowest BCUT2D eigenvalue weighted by Gasteiger charge is -2.49. The van der Waals surface area contributed by atoms with Crippen molar-refractivity contribution in [2.24, 2.45) is 29.6 Å². The number of ether oxygens (including phenoxy) is 5. The number of nitrogens with zero attached hydrogens (tertiary/aromatic N) is 1. The average molecular weight is 678 g/mol. The second kappa shape index (κ2) is 13.6. The zero-order chi connectivity index (χ0) is 35.2. The van der Waals surface area contributed by atoms with Crippen LogP contribution in [0.4, 0.5) is 0 Å². The Kier molecular flexibility index (Phi) is 9.67. The molecular weight excluding hydrogens is 634 g/mol. The van der Waals surface area contributed by atoms with Crippen molar-refractivity contribution in [2.75, 3.05) is 7.11 Å². The molecule has 5 aliphatic rings. The van der Waals surface area contributed by atoms with E-state index in [1.807, 2.05) is 51.2 Å². The predicted molar refractivity (Wildman–Crippen MR) is 169 cm³/mol. The summed E-state index contributed by atoms with van der Waals surface area (Å²) >= 11 is 0. The lowest BCUT2D eigenvalue weighted by molar-refractivity contribution is -0.686. The standard InChI is InChI=1S/C37H43NO11/c1-19-16-20(2)37-25(10-11-26-29(37)30(40)21(3)32(33(26)49-37)48-35(43)24-8-6-7-9-24)17-27(45-5)36(44)47-31(19)22(4)46-28(39)18-38-14-12-23(13-15-38)34(41)42/h6-8,10-16,19,21-22,25-27,29-33,40H,9,17-18H2,1-5H3/b20-16+/t19-,21-,22-,25-,26-,27+,29+,30-,31+,32-,33-,37+/m1/s1. The minimum Gasteiger partial charge on any atom is -0.545 e. The number of methoxy groups -OCH3 is 1. The number of aliphatic hydroxyl groups excluding tert-OH is 1. The van der Waals surface area contributed by atoms with E-state index in [0.29, 0.717) is 12.0 Å². The Bertz CT molecular complexity index is 1610. The number of carbonyl (C=O) groups excluding carboxylic acids is 4. The number of cyclic esters (lactones) is 1. The molecule has 0 aromatic carbocycles. The van der Waals surface area contributed by atoms with Gasteiger partial charge in [0.25, 0.3) is 0 Å². The quantitative estimate of drug-likeness (QED) is 0.184. The van der Waals surface area contributed by atoms with Gasteiger partial charge in [-0.15, -0.1) is 0 Å². The smallest absolute Gasteiger partial charge is 0.373 e. The lowest BCUT2D eigenvalue weighted by atomic mass is 9.57. The van der Waals surface area contributed by atoms with Gasteiger partial charge in [0.2, 0.25) is 6.54 Å². The fraction of sp³-hybridized carbons (Fsp3) is 0.541. The molecule has 1 aromatic heterocycles. The monoisotopic (exact) mass is 677 g/mol. The highest BCUT2D eigenvalue weighted by Crippen LogP contribution is 2.61. The number of carboxylic acids is 1. The van der Waals surface area contributed by atoms with Crippen LogP contribution in [0.1, 0.15) is 50.9 Å². The van der Waals surface area contributed by atoms with Gasteiger partial charge in [0.1, 0.15) is 30.0 Å². The number of hydrogen-bond donors (Lipinski definition) is 1. The van der Waals surface area contributed by atoms with Crippen LogP contribution in [0, 0.1) is 29.6 Å². The van der Waals surface area contributed by atoms with Crippen LogP contribution in [0.2, 0.25) is 0 Å². The van der Waals surface area contributed by atoms with Crippen molar-refractivity contribution in [3.05, 3.63) is 77.7 Å². The van der Waals surface area contributed by atoms with E-state index in [1.54, 1.807) is 13.0 Å². The number of rotatable bonds is 8. The van der Waals surface area contributed by atoms with Gasteiger partial charge < -0.3 is 38.7 Å². The molecule has 4 bridgehead atoms. The molecule has 2 aliphatic heterocycles. The predicted octanol–water partition coefficient (Wildman–Crippen LogP) is 1.55. The Hall–Kier alpha value is -4.13. The Morgan fingerprint density at radius 3 is 2.57 bits per heavy atom. The van der Waals surface area contributed by atoms with Gasteiger partial charge in [0, 0.05) is 60.0 Å². The van der Waals surface area contributed by atoms with Crippen LogP contribution in [-0.2, 0) is 44.6 Å². The maximum Gasteiger partial charge on any atom is 0.373 e. The molecule has 0 amide bonds. The molecule has 1 N–H and O–H groups in total. The zero-order valence-corrected chi connectivity index (χ0v) is 28.2. The highest BCUT2D eigenvalue weighted by atomic mass is 16.6. The van der Waals surface area contributed by atoms with Crippen molar-refractivity contribution in [1.29, 1.82) is 0 Å². The molecule has 2 fully saturated rings. The van der Waals surface area contributed by atoms with Gasteiger partial charge in [0.15, 0.2) is 18.5 Å². The number of aromatic nitrogens is 1. The summed E-state index contributed by atoms with van der Waals surface area (Å²) in [5, 5.41) is 23.0. The molecule has 49 heavy (non-hydrogen) atoms. The van der Waals surface area contributed by atoms with E-state index in [1.165, 1.54) is 36.2 Å². The van der Waals surface area contributed by atoms with Crippen molar-refractivity contribution in [2.45, 2.75) is 89.3 Å². The maximum atomic E-state index is 13.6. The SMILES string of the molecule is CO[C@H]1C[C@H]2C=C[C@H]3[C@H]4O[C@]2(/C(C)=C/[C@@H](C)[C@@H]([C@@H](C)OC(=O)C[n+]2ccc(C(=O)[O-])cc2)OC1=O)[C@@H]3[C@H](O)[C@@H](C)[C@H]4OC(=O)C1=CC=CC1. The molecule has 12 nitrogen and oxygen atoms in total. The summed E-state index contributed by atoms with van der Waals surface area (Å²) in [6.45, 7) is 7.12. The minimum atomic E-state index is -1.33. The summed E-state index contributed by atoms with van der Waals surface area (Å²) < 4.78 is 32.0. The zero-order valence-electron chi connectivity index (χ0n) is 28.2. The summed E-state index contributed by atoms with van der Waals surface area (Å²) in [4.78, 5) is 50.8. The third-order valence-corrected chi connectivity index (χ3v) is 10.9. The number of carboxylic acid groups (broad SMARTS) is 1. The molecule has 12 heteroatoms. The molecule has 262 valence electrons. The van der Waals surface area contributed by atoms with E-state index in [9.17, 15) is 29.4 Å². The Labute approximate surface area is 285 Å². The van der Waals surface area contributed by atoms with Gasteiger partial charge >= 0.3 is 17.9 Å². The fourth-order valence-electron chi connectivity index (χ4n) is 8.44. The molecule has 3 aliphatic carbocycles. The van der Waals surface area contributed by atoms with E-state index in [2.05, 4.69) is 0 Å². The second-order valence-corrected chi connectivity index (χ2v) is 13.8. The van der Waals surface area contributed by atoms with E-state index in [4.69, 9.17) is 23.7 Å². The van der Waals surface area contributed by atoms with Crippen molar-refractivity contribution in [3.63, 3.8) is 0 Å². The van der Waals surface area contributed by atoms with Crippen LogP contribution in [0.15, 0.2) is 72.1 Å². The molecular formula is C37H43NO11. The number of pyridine rings is 1. The van der Waals surface area contributed by atoms with Crippen LogP contribution in [-0.4, -0.2) is 78.3 Å². The molecule has 0 unspecified atom stereocenters. The minimum absolute atomic E-state index is 0.0236. The first-order chi connectivity index (χ1) is 23.3. The first kappa shape index (κ1) is 34.7. The van der Waals surface area contributed by atoms with E-state index in [0.717, 1.165) is 5.57 Å². The number of hydrogen-bond acceptors (Lipinski definition) is 11. The first-order valence-corrected chi connectivity index (χ1v) is 16.8. The summed E-state index contributed by atoms with van der Waals surface area (Å²) in [7, 11) is 1.43. The van der Waals surface area contributed by atoms with Crippen molar-refractivity contribution >= 4 is 23.9 Å². The largest absolute Gasteiger partial charge is 0.545 e. The third-order valence-electron chi connectivity index (χ3n) is 10.9. The highest BCUT2D eigenvalue weighted by molar-refractivity contribution is 5.90. The van der Waals surface area contributed by atoms with Crippen molar-refractivity contribution in [3.8, 4) is 0 Å². The summed E-state index contributed by atoms with van der Waals surface area (Å²) in [5.41, 5.74) is 0.320. The first-order valence-electron chi connectivity index (χ1n) is 16.8. The number of aliphatic hydroxyl groups is 1. The lowest BCUT2D eigenvalue weighted by Crippen LogP contribution is -2.57. The van der Waals surface area contributed by atoms with Crippen LogP contribution in [0.3, 0.4) is 0 Å². The molecule has 1 aromatic rings. The van der Waals surface area contributed by atoms with Crippen molar-refractivity contribution < 1.29 is 57.6 Å². The van der Waals surface area contributed by atoms with Gasteiger partial charge in [-0.1, -0.05) is 50.3 Å². The summed E-state index contributed by atoms with van der Waals surface area (Å²) in [6, 6.07) is 2.64. The molecule has 1 saturated heterocycles. The molecule has 0 radical (unpaired) electrons. The molecule has 1 saturated carbocycles. The van der Waals surface area contributed by atoms with E-state index in [-0.39, 0.29) is 36.3 Å². The summed E-state index contributed by atoms with van der Waals surface area (Å²) in [5.74, 6) is -4.85. The molecule has 6 rings (SSSR count).